The van der Waals surface area contributed by atoms with Crippen LogP contribution in [0.3, 0.4) is 0 Å². The molecule has 0 radical (unpaired) electrons. The quantitative estimate of drug-likeness (QED) is 0.203. The maximum Gasteiger partial charge on any atom is 0.407 e. The number of thiazole rings is 1. The van der Waals surface area contributed by atoms with Crippen LogP contribution in [-0.2, 0) is 25.6 Å². The number of unbranched alkanes of at least 4 members (excludes halogenated alkanes) is 1. The van der Waals surface area contributed by atoms with E-state index in [1.807, 2.05) is 67.4 Å². The second-order valence-electron chi connectivity index (χ2n) is 11.1. The summed E-state index contributed by atoms with van der Waals surface area (Å²) >= 11 is 1.51. The van der Waals surface area contributed by atoms with E-state index in [0.717, 1.165) is 27.3 Å². The molecular formula is C31H37N3O6S. The fraction of sp³-hybridized carbons (Fsp3) is 0.419. The van der Waals surface area contributed by atoms with Gasteiger partial charge in [0.2, 0.25) is 0 Å². The summed E-state index contributed by atoms with van der Waals surface area (Å²) in [5.41, 5.74) is 3.84. The predicted molar refractivity (Wildman–Crippen MR) is 157 cm³/mol. The van der Waals surface area contributed by atoms with Crippen LogP contribution in [0.4, 0.5) is 4.79 Å². The third kappa shape index (κ3) is 8.61. The van der Waals surface area contributed by atoms with Gasteiger partial charge in [-0.1, -0.05) is 48.5 Å². The van der Waals surface area contributed by atoms with Gasteiger partial charge in [-0.2, -0.15) is 0 Å². The van der Waals surface area contributed by atoms with Gasteiger partial charge < -0.3 is 19.9 Å². The molecule has 1 aliphatic rings. The zero-order valence-corrected chi connectivity index (χ0v) is 24.5. The minimum atomic E-state index is -1.12. The van der Waals surface area contributed by atoms with Crippen LogP contribution in [0.2, 0.25) is 0 Å². The normalized spacial score (nSPS) is 13.4. The van der Waals surface area contributed by atoms with Gasteiger partial charge in [0.1, 0.15) is 23.3 Å². The summed E-state index contributed by atoms with van der Waals surface area (Å²) in [7, 11) is 0. The van der Waals surface area contributed by atoms with Crippen molar-refractivity contribution < 1.29 is 29.0 Å². The lowest BCUT2D eigenvalue weighted by atomic mass is 9.98. The van der Waals surface area contributed by atoms with E-state index in [-0.39, 0.29) is 31.5 Å². The first-order valence-corrected chi connectivity index (χ1v) is 14.7. The van der Waals surface area contributed by atoms with Crippen LogP contribution in [0.15, 0.2) is 60.1 Å². The Balaban J connectivity index is 1.27. The van der Waals surface area contributed by atoms with Crippen LogP contribution >= 0.6 is 11.3 Å². The van der Waals surface area contributed by atoms with Crippen molar-refractivity contribution >= 4 is 29.4 Å². The number of carboxylic acid groups (broad SMARTS) is 1. The molecule has 41 heavy (non-hydrogen) atoms. The lowest BCUT2D eigenvalue weighted by Gasteiger charge is -2.24. The zero-order valence-electron chi connectivity index (χ0n) is 23.7. The molecule has 0 bridgehead atoms. The number of hydrogen-bond donors (Lipinski definition) is 2. The number of esters is 1. The Labute approximate surface area is 244 Å². The van der Waals surface area contributed by atoms with Gasteiger partial charge in [0.15, 0.2) is 0 Å². The number of aliphatic carboxylic acids is 1. The van der Waals surface area contributed by atoms with Crippen molar-refractivity contribution in [3.05, 3.63) is 76.2 Å². The molecule has 0 aliphatic heterocycles. The number of amides is 1. The molecule has 1 amide bonds. The summed E-state index contributed by atoms with van der Waals surface area (Å²) in [5.74, 6) is -1.55. The summed E-state index contributed by atoms with van der Waals surface area (Å²) in [5, 5.41) is 15.0. The highest BCUT2D eigenvalue weighted by Gasteiger charge is 2.30. The maximum absolute atomic E-state index is 12.6. The Morgan fingerprint density at radius 1 is 1.05 bits per heavy atom. The molecule has 0 fully saturated rings. The van der Waals surface area contributed by atoms with Crippen LogP contribution in [0.25, 0.3) is 11.1 Å². The van der Waals surface area contributed by atoms with Crippen molar-refractivity contribution in [3.8, 4) is 11.1 Å². The number of rotatable bonds is 13. The molecule has 0 saturated carbocycles. The highest BCUT2D eigenvalue weighted by Crippen LogP contribution is 2.44. The molecule has 1 unspecified atom stereocenters. The Hall–Kier alpha value is -3.76. The minimum absolute atomic E-state index is 0.106. The number of alkyl carbamates (subject to hydrolysis) is 1. The van der Waals surface area contributed by atoms with E-state index in [4.69, 9.17) is 9.47 Å². The number of carboxylic acids is 1. The van der Waals surface area contributed by atoms with Gasteiger partial charge in [0.05, 0.1) is 13.1 Å². The summed E-state index contributed by atoms with van der Waals surface area (Å²) in [6.45, 7) is 6.75. The molecule has 10 heteroatoms. The largest absolute Gasteiger partial charge is 0.480 e. The van der Waals surface area contributed by atoms with Crippen molar-refractivity contribution in [3.63, 3.8) is 0 Å². The van der Waals surface area contributed by atoms with E-state index >= 15 is 0 Å². The molecule has 0 spiro atoms. The van der Waals surface area contributed by atoms with E-state index in [1.54, 1.807) is 6.20 Å². The summed E-state index contributed by atoms with van der Waals surface area (Å²) < 4.78 is 11.0. The lowest BCUT2D eigenvalue weighted by Crippen LogP contribution is -2.41. The maximum atomic E-state index is 12.6. The third-order valence-corrected chi connectivity index (χ3v) is 7.53. The Bertz CT molecular complexity index is 1290. The van der Waals surface area contributed by atoms with Gasteiger partial charge in [-0.15, -0.1) is 11.3 Å². The van der Waals surface area contributed by atoms with Gasteiger partial charge in [0.25, 0.3) is 0 Å². The highest BCUT2D eigenvalue weighted by atomic mass is 32.1. The van der Waals surface area contributed by atoms with Crippen molar-refractivity contribution in [1.29, 1.82) is 0 Å². The van der Waals surface area contributed by atoms with Gasteiger partial charge in [-0.25, -0.2) is 14.6 Å². The third-order valence-electron chi connectivity index (χ3n) is 6.77. The Kier molecular flexibility index (Phi) is 10.1. The summed E-state index contributed by atoms with van der Waals surface area (Å²) in [4.78, 5) is 43.2. The first-order chi connectivity index (χ1) is 19.6. The van der Waals surface area contributed by atoms with Gasteiger partial charge in [-0.05, 0) is 68.8 Å². The first kappa shape index (κ1) is 30.2. The van der Waals surface area contributed by atoms with Crippen LogP contribution < -0.4 is 5.32 Å². The smallest absolute Gasteiger partial charge is 0.407 e. The topological polar surface area (TPSA) is 118 Å². The SMILES string of the molecule is CC(C)(C)OC(=O)CN(CCCCC(NC(=O)OCC1c2ccccc2-c2ccccc21)C(=O)O)Cc1nccs1. The van der Waals surface area contributed by atoms with Crippen molar-refractivity contribution in [2.24, 2.45) is 0 Å². The number of carbonyl (C=O) groups excluding carboxylic acids is 2. The molecule has 1 atom stereocenters. The van der Waals surface area contributed by atoms with E-state index in [1.165, 1.54) is 11.3 Å². The van der Waals surface area contributed by atoms with E-state index < -0.39 is 23.7 Å². The Morgan fingerprint density at radius 3 is 2.29 bits per heavy atom. The predicted octanol–water partition coefficient (Wildman–Crippen LogP) is 5.45. The van der Waals surface area contributed by atoms with Crippen LogP contribution in [0, 0.1) is 0 Å². The number of carbonyl (C=O) groups is 3. The second kappa shape index (κ2) is 13.7. The second-order valence-corrected chi connectivity index (χ2v) is 12.1. The van der Waals surface area contributed by atoms with E-state index in [0.29, 0.717) is 25.9 Å². The summed E-state index contributed by atoms with van der Waals surface area (Å²) in [6.07, 6.45) is 2.36. The van der Waals surface area contributed by atoms with Crippen molar-refractivity contribution in [2.75, 3.05) is 19.7 Å². The number of hydrogen-bond acceptors (Lipinski definition) is 8. The molecule has 1 heterocycles. The fourth-order valence-electron chi connectivity index (χ4n) is 5.02. The van der Waals surface area contributed by atoms with Gasteiger partial charge >= 0.3 is 18.0 Å². The number of nitrogens with zero attached hydrogens (tertiary/aromatic N) is 2. The molecule has 0 saturated heterocycles. The van der Waals surface area contributed by atoms with Crippen molar-refractivity contribution in [2.45, 2.75) is 64.1 Å². The number of benzene rings is 2. The minimum Gasteiger partial charge on any atom is -0.480 e. The van der Waals surface area contributed by atoms with Gasteiger partial charge in [-0.3, -0.25) is 9.69 Å². The average Bonchev–Trinajstić information content (AvgIpc) is 3.54. The number of fused-ring (bicyclic) bond motifs is 3. The molecular weight excluding hydrogens is 542 g/mol. The molecule has 4 rings (SSSR count). The molecule has 2 N–H and O–H groups in total. The lowest BCUT2D eigenvalue weighted by molar-refractivity contribution is -0.156. The molecule has 3 aromatic rings. The molecule has 1 aromatic heterocycles. The number of nitrogens with one attached hydrogen (secondary N) is 1. The standard InChI is InChI=1S/C31H37N3O6S/c1-31(2,3)40-28(35)19-34(18-27-32-15-17-41-27)16-9-8-14-26(29(36)37)33-30(38)39-20-25-23-12-6-4-10-21(23)22-11-5-7-13-24(22)25/h4-7,10-13,15,17,25-26H,8-9,14,16,18-20H2,1-3H3,(H,33,38)(H,36,37). The highest BCUT2D eigenvalue weighted by molar-refractivity contribution is 7.09. The number of aromatic nitrogens is 1. The van der Waals surface area contributed by atoms with Crippen LogP contribution in [0.5, 0.6) is 0 Å². The van der Waals surface area contributed by atoms with E-state index in [9.17, 15) is 19.5 Å². The number of ether oxygens (including phenoxy) is 2. The monoisotopic (exact) mass is 579 g/mol. The molecule has 2 aromatic carbocycles. The Morgan fingerprint density at radius 2 is 1.71 bits per heavy atom. The molecule has 9 nitrogen and oxygen atoms in total. The van der Waals surface area contributed by atoms with Crippen LogP contribution in [-0.4, -0.2) is 64.4 Å². The average molecular weight is 580 g/mol. The fourth-order valence-corrected chi connectivity index (χ4v) is 5.67. The first-order valence-electron chi connectivity index (χ1n) is 13.8. The molecule has 218 valence electrons. The van der Waals surface area contributed by atoms with E-state index in [2.05, 4.69) is 22.4 Å². The van der Waals surface area contributed by atoms with Crippen LogP contribution in [0.1, 0.15) is 62.1 Å². The van der Waals surface area contributed by atoms with Gasteiger partial charge in [0, 0.05) is 17.5 Å². The zero-order chi connectivity index (χ0) is 29.4. The summed E-state index contributed by atoms with van der Waals surface area (Å²) in [6, 6.07) is 15.0. The van der Waals surface area contributed by atoms with Crippen molar-refractivity contribution in [1.82, 2.24) is 15.2 Å². The molecule has 1 aliphatic carbocycles.